The Balaban J connectivity index is 1.61. The Bertz CT molecular complexity index is 811. The van der Waals surface area contributed by atoms with Gasteiger partial charge in [0.05, 0.1) is 16.6 Å². The first-order valence-electron chi connectivity index (χ1n) is 7.47. The summed E-state index contributed by atoms with van der Waals surface area (Å²) in [5, 5.41) is 16.6. The summed E-state index contributed by atoms with van der Waals surface area (Å²) in [6, 6.07) is 9.43. The molecule has 0 aliphatic carbocycles. The molecule has 0 saturated heterocycles. The second kappa shape index (κ2) is 7.00. The number of amides is 2. The van der Waals surface area contributed by atoms with Gasteiger partial charge in [-0.25, -0.2) is 4.79 Å². The Labute approximate surface area is 154 Å². The van der Waals surface area contributed by atoms with E-state index >= 15 is 0 Å². The quantitative estimate of drug-likeness (QED) is 0.751. The molecule has 25 heavy (non-hydrogen) atoms. The fraction of sp³-hybridized carbons (Fsp3) is 0.235. The summed E-state index contributed by atoms with van der Waals surface area (Å²) in [5.41, 5.74) is -0.183. The number of carbonyl (C=O) groups is 1. The molecule has 3 N–H and O–H groups in total. The molecule has 0 radical (unpaired) electrons. The van der Waals surface area contributed by atoms with Gasteiger partial charge in [0.15, 0.2) is 11.5 Å². The average Bonchev–Trinajstić information content (AvgIpc) is 3.04. The molecule has 2 amide bonds. The summed E-state index contributed by atoms with van der Waals surface area (Å²) >= 11 is 11.7. The number of benzene rings is 2. The fourth-order valence-corrected chi connectivity index (χ4v) is 2.63. The third-order valence-electron chi connectivity index (χ3n) is 3.77. The third kappa shape index (κ3) is 4.10. The third-order valence-corrected chi connectivity index (χ3v) is 4.50. The van der Waals surface area contributed by atoms with Gasteiger partial charge >= 0.3 is 6.03 Å². The summed E-state index contributed by atoms with van der Waals surface area (Å²) in [6.45, 7) is 1.76. The van der Waals surface area contributed by atoms with Gasteiger partial charge in [0.25, 0.3) is 0 Å². The highest BCUT2D eigenvalue weighted by atomic mass is 35.5. The predicted octanol–water partition coefficient (Wildman–Crippen LogP) is 3.75. The van der Waals surface area contributed by atoms with Crippen LogP contribution in [-0.4, -0.2) is 24.5 Å². The van der Waals surface area contributed by atoms with Crippen molar-refractivity contribution in [2.75, 3.05) is 18.7 Å². The molecular formula is C17H16Cl2N2O4. The molecule has 0 bridgehead atoms. The van der Waals surface area contributed by atoms with Crippen molar-refractivity contribution in [2.45, 2.75) is 12.5 Å². The van der Waals surface area contributed by atoms with Crippen molar-refractivity contribution in [2.24, 2.45) is 0 Å². The van der Waals surface area contributed by atoms with Crippen molar-refractivity contribution in [1.82, 2.24) is 5.32 Å². The second-order valence-electron chi connectivity index (χ2n) is 5.78. The standard InChI is InChI=1S/C17H16Cl2N2O4/c1-17(23,10-2-5-14-15(6-10)25-9-24-14)8-20-16(22)21-11-3-4-12(18)13(19)7-11/h2-7,23H,8-9H2,1H3,(H2,20,21,22)/t17-/m1/s1. The molecule has 3 rings (SSSR count). The first kappa shape index (κ1) is 17.7. The Morgan fingerprint density at radius 1 is 1.16 bits per heavy atom. The van der Waals surface area contributed by atoms with Crippen molar-refractivity contribution < 1.29 is 19.4 Å². The Hall–Kier alpha value is -2.15. The average molecular weight is 383 g/mol. The van der Waals surface area contributed by atoms with E-state index in [1.165, 1.54) is 0 Å². The highest BCUT2D eigenvalue weighted by Crippen LogP contribution is 2.35. The number of halogens is 2. The van der Waals surface area contributed by atoms with E-state index in [0.717, 1.165) is 0 Å². The van der Waals surface area contributed by atoms with Gasteiger partial charge in [0.2, 0.25) is 6.79 Å². The minimum absolute atomic E-state index is 0.000199. The van der Waals surface area contributed by atoms with E-state index in [9.17, 15) is 9.90 Å². The topological polar surface area (TPSA) is 79.8 Å². The molecule has 1 atom stereocenters. The fourth-order valence-electron chi connectivity index (χ4n) is 2.34. The van der Waals surface area contributed by atoms with Crippen LogP contribution < -0.4 is 20.1 Å². The number of carbonyl (C=O) groups excluding carboxylic acids is 1. The molecule has 2 aromatic rings. The zero-order chi connectivity index (χ0) is 18.0. The van der Waals surface area contributed by atoms with Crippen LogP contribution in [0.2, 0.25) is 10.0 Å². The number of ether oxygens (including phenoxy) is 2. The summed E-state index contributed by atoms with van der Waals surface area (Å²) in [4.78, 5) is 12.0. The largest absolute Gasteiger partial charge is 0.454 e. The lowest BCUT2D eigenvalue weighted by molar-refractivity contribution is 0.0597. The maximum atomic E-state index is 12.0. The lowest BCUT2D eigenvalue weighted by Crippen LogP contribution is -2.40. The molecule has 2 aromatic carbocycles. The number of hydrogen-bond acceptors (Lipinski definition) is 4. The maximum Gasteiger partial charge on any atom is 0.319 e. The number of nitrogens with one attached hydrogen (secondary N) is 2. The molecule has 1 aliphatic heterocycles. The number of hydrogen-bond donors (Lipinski definition) is 3. The number of fused-ring (bicyclic) bond motifs is 1. The molecule has 6 nitrogen and oxygen atoms in total. The van der Waals surface area contributed by atoms with Gasteiger partial charge in [0, 0.05) is 5.69 Å². The SMILES string of the molecule is C[C@@](O)(CNC(=O)Nc1ccc(Cl)c(Cl)c1)c1ccc2c(c1)OCO2. The number of aliphatic hydroxyl groups is 1. The van der Waals surface area contributed by atoms with E-state index in [2.05, 4.69) is 10.6 Å². The van der Waals surface area contributed by atoms with Gasteiger partial charge in [-0.3, -0.25) is 0 Å². The molecule has 0 spiro atoms. The van der Waals surface area contributed by atoms with E-state index in [1.807, 2.05) is 0 Å². The lowest BCUT2D eigenvalue weighted by Gasteiger charge is -2.24. The normalized spacial score (nSPS) is 14.7. The van der Waals surface area contributed by atoms with Crippen molar-refractivity contribution >= 4 is 34.9 Å². The van der Waals surface area contributed by atoms with Crippen LogP contribution in [-0.2, 0) is 5.60 Å². The van der Waals surface area contributed by atoms with Crippen LogP contribution in [0.4, 0.5) is 10.5 Å². The first-order valence-corrected chi connectivity index (χ1v) is 8.23. The van der Waals surface area contributed by atoms with Crippen LogP contribution >= 0.6 is 23.2 Å². The highest BCUT2D eigenvalue weighted by Gasteiger charge is 2.26. The van der Waals surface area contributed by atoms with E-state index in [1.54, 1.807) is 43.3 Å². The lowest BCUT2D eigenvalue weighted by atomic mass is 9.95. The van der Waals surface area contributed by atoms with Gasteiger partial charge in [-0.1, -0.05) is 29.3 Å². The summed E-state index contributed by atoms with van der Waals surface area (Å²) < 4.78 is 10.5. The van der Waals surface area contributed by atoms with Crippen LogP contribution in [0.1, 0.15) is 12.5 Å². The molecule has 0 saturated carbocycles. The van der Waals surface area contributed by atoms with E-state index < -0.39 is 11.6 Å². The molecule has 1 aliphatic rings. The highest BCUT2D eigenvalue weighted by molar-refractivity contribution is 6.42. The maximum absolute atomic E-state index is 12.0. The molecule has 1 heterocycles. The van der Waals surface area contributed by atoms with Crippen molar-refractivity contribution in [3.05, 3.63) is 52.0 Å². The van der Waals surface area contributed by atoms with Crippen molar-refractivity contribution in [1.29, 1.82) is 0 Å². The first-order chi connectivity index (χ1) is 11.8. The molecule has 8 heteroatoms. The van der Waals surface area contributed by atoms with E-state index in [0.29, 0.717) is 32.8 Å². The van der Waals surface area contributed by atoms with Crippen LogP contribution in [0.15, 0.2) is 36.4 Å². The van der Waals surface area contributed by atoms with Crippen LogP contribution in [0, 0.1) is 0 Å². The zero-order valence-electron chi connectivity index (χ0n) is 13.3. The van der Waals surface area contributed by atoms with Crippen LogP contribution in [0.25, 0.3) is 0 Å². The monoisotopic (exact) mass is 382 g/mol. The van der Waals surface area contributed by atoms with Crippen LogP contribution in [0.3, 0.4) is 0 Å². The second-order valence-corrected chi connectivity index (χ2v) is 6.59. The predicted molar refractivity (Wildman–Crippen MR) is 95.6 cm³/mol. The van der Waals surface area contributed by atoms with Gasteiger partial charge in [-0.2, -0.15) is 0 Å². The summed E-state index contributed by atoms with van der Waals surface area (Å²) in [6.07, 6.45) is 0. The Morgan fingerprint density at radius 3 is 2.68 bits per heavy atom. The van der Waals surface area contributed by atoms with Gasteiger partial charge < -0.3 is 25.2 Å². The van der Waals surface area contributed by atoms with Gasteiger partial charge in [-0.15, -0.1) is 0 Å². The number of urea groups is 1. The Morgan fingerprint density at radius 2 is 1.92 bits per heavy atom. The molecule has 0 aromatic heterocycles. The van der Waals surface area contributed by atoms with E-state index in [4.69, 9.17) is 32.7 Å². The van der Waals surface area contributed by atoms with Crippen LogP contribution in [0.5, 0.6) is 11.5 Å². The minimum atomic E-state index is -1.28. The van der Waals surface area contributed by atoms with E-state index in [-0.39, 0.29) is 13.3 Å². The summed E-state index contributed by atoms with van der Waals surface area (Å²) in [7, 11) is 0. The Kier molecular flexibility index (Phi) is 4.94. The minimum Gasteiger partial charge on any atom is -0.454 e. The smallest absolute Gasteiger partial charge is 0.319 e. The zero-order valence-corrected chi connectivity index (χ0v) is 14.8. The molecule has 0 unspecified atom stereocenters. The summed E-state index contributed by atoms with van der Waals surface area (Å²) in [5.74, 6) is 1.20. The number of rotatable bonds is 4. The molecule has 132 valence electrons. The van der Waals surface area contributed by atoms with Gasteiger partial charge in [-0.05, 0) is 42.8 Å². The molecular weight excluding hydrogens is 367 g/mol. The number of anilines is 1. The van der Waals surface area contributed by atoms with Crippen molar-refractivity contribution in [3.8, 4) is 11.5 Å². The van der Waals surface area contributed by atoms with Gasteiger partial charge in [0.1, 0.15) is 5.60 Å². The molecule has 0 fully saturated rings. The van der Waals surface area contributed by atoms with Crippen molar-refractivity contribution in [3.63, 3.8) is 0 Å².